The van der Waals surface area contributed by atoms with Gasteiger partial charge in [0.15, 0.2) is 0 Å². The molecule has 3 aromatic carbocycles. The van der Waals surface area contributed by atoms with Gasteiger partial charge in [0, 0.05) is 35.9 Å². The van der Waals surface area contributed by atoms with E-state index in [1.54, 1.807) is 34.9 Å². The first-order chi connectivity index (χ1) is 17.5. The topological polar surface area (TPSA) is 105 Å². The number of fused-ring (bicyclic) bond motifs is 1. The number of hydrogen-bond acceptors (Lipinski definition) is 4. The maximum atomic E-state index is 13.0. The molecular formula is C28H27N5O3. The minimum atomic E-state index is -0.372. The van der Waals surface area contributed by atoms with E-state index >= 15 is 0 Å². The Morgan fingerprint density at radius 1 is 0.917 bits per heavy atom. The Balaban J connectivity index is 1.26. The molecule has 0 unspecified atom stereocenters. The van der Waals surface area contributed by atoms with E-state index in [2.05, 4.69) is 16.0 Å². The number of aryl methyl sites for hydroxylation is 2. The van der Waals surface area contributed by atoms with Gasteiger partial charge in [0.25, 0.3) is 5.56 Å². The van der Waals surface area contributed by atoms with Gasteiger partial charge in [-0.3, -0.25) is 14.2 Å². The van der Waals surface area contributed by atoms with E-state index in [0.717, 1.165) is 18.4 Å². The lowest BCUT2D eigenvalue weighted by Gasteiger charge is -2.14. The van der Waals surface area contributed by atoms with E-state index in [1.807, 2.05) is 49.4 Å². The maximum Gasteiger partial charge on any atom is 0.323 e. The molecule has 36 heavy (non-hydrogen) atoms. The molecule has 1 fully saturated rings. The highest BCUT2D eigenvalue weighted by Crippen LogP contribution is 2.35. The molecule has 8 heteroatoms. The molecule has 1 saturated carbocycles. The molecule has 0 atom stereocenters. The lowest BCUT2D eigenvalue weighted by atomic mass is 10.1. The number of anilines is 3. The van der Waals surface area contributed by atoms with Gasteiger partial charge in [0.1, 0.15) is 5.82 Å². The van der Waals surface area contributed by atoms with Gasteiger partial charge in [-0.2, -0.15) is 0 Å². The molecule has 4 aromatic rings. The van der Waals surface area contributed by atoms with Crippen LogP contribution in [0.15, 0.2) is 77.6 Å². The summed E-state index contributed by atoms with van der Waals surface area (Å²) in [4.78, 5) is 42.9. The molecule has 0 aliphatic heterocycles. The van der Waals surface area contributed by atoms with Crippen LogP contribution in [0, 0.1) is 6.92 Å². The van der Waals surface area contributed by atoms with Crippen LogP contribution in [0.25, 0.3) is 10.9 Å². The molecule has 0 bridgehead atoms. The molecule has 1 aromatic heterocycles. The summed E-state index contributed by atoms with van der Waals surface area (Å²) in [6.45, 7) is 1.89. The summed E-state index contributed by atoms with van der Waals surface area (Å²) in [6, 6.07) is 21.6. The number of nitrogens with one attached hydrogen (secondary N) is 3. The quantitative estimate of drug-likeness (QED) is 0.335. The van der Waals surface area contributed by atoms with E-state index < -0.39 is 0 Å². The van der Waals surface area contributed by atoms with Crippen molar-refractivity contribution in [2.45, 2.75) is 38.6 Å². The number of benzene rings is 3. The number of para-hydroxylation sites is 2. The number of amides is 3. The zero-order valence-corrected chi connectivity index (χ0v) is 20.0. The third kappa shape index (κ3) is 5.27. The van der Waals surface area contributed by atoms with Crippen LogP contribution in [0.1, 0.15) is 36.7 Å². The van der Waals surface area contributed by atoms with E-state index in [1.165, 1.54) is 0 Å². The van der Waals surface area contributed by atoms with Crippen LogP contribution in [0.2, 0.25) is 0 Å². The second-order valence-corrected chi connectivity index (χ2v) is 8.97. The van der Waals surface area contributed by atoms with Crippen molar-refractivity contribution in [2.75, 3.05) is 16.0 Å². The lowest BCUT2D eigenvalue weighted by molar-refractivity contribution is -0.116. The van der Waals surface area contributed by atoms with Gasteiger partial charge in [-0.25, -0.2) is 9.78 Å². The van der Waals surface area contributed by atoms with Gasteiger partial charge in [0.05, 0.1) is 10.9 Å². The average Bonchev–Trinajstić information content (AvgIpc) is 3.71. The summed E-state index contributed by atoms with van der Waals surface area (Å²) in [6.07, 6.45) is 2.45. The first-order valence-corrected chi connectivity index (χ1v) is 12.0. The smallest absolute Gasteiger partial charge is 0.323 e. The van der Waals surface area contributed by atoms with Crippen LogP contribution in [-0.2, 0) is 11.2 Å². The van der Waals surface area contributed by atoms with Crippen molar-refractivity contribution < 1.29 is 9.59 Å². The van der Waals surface area contributed by atoms with Crippen LogP contribution in [-0.4, -0.2) is 21.5 Å². The highest BCUT2D eigenvalue weighted by atomic mass is 16.2. The highest BCUT2D eigenvalue weighted by molar-refractivity contribution is 6.00. The number of carbonyl (C=O) groups excluding carboxylic acids is 2. The predicted molar refractivity (Wildman–Crippen MR) is 141 cm³/mol. The number of nitrogens with zero attached hydrogens (tertiary/aromatic N) is 2. The molecule has 1 aliphatic carbocycles. The van der Waals surface area contributed by atoms with Crippen LogP contribution in [0.4, 0.5) is 21.9 Å². The number of aromatic nitrogens is 2. The van der Waals surface area contributed by atoms with Gasteiger partial charge < -0.3 is 16.0 Å². The molecule has 8 nitrogen and oxygen atoms in total. The normalized spacial score (nSPS) is 12.8. The van der Waals surface area contributed by atoms with Gasteiger partial charge >= 0.3 is 6.03 Å². The molecule has 182 valence electrons. The molecule has 0 spiro atoms. The van der Waals surface area contributed by atoms with Crippen molar-refractivity contribution in [1.29, 1.82) is 0 Å². The van der Waals surface area contributed by atoms with E-state index in [-0.39, 0.29) is 30.0 Å². The molecule has 3 N–H and O–H groups in total. The summed E-state index contributed by atoms with van der Waals surface area (Å²) in [5.74, 6) is 0.454. The third-order valence-corrected chi connectivity index (χ3v) is 6.17. The Morgan fingerprint density at radius 3 is 2.42 bits per heavy atom. The fraction of sp³-hybridized carbons (Fsp3) is 0.214. The van der Waals surface area contributed by atoms with Crippen LogP contribution in [0.3, 0.4) is 0 Å². The van der Waals surface area contributed by atoms with Crippen LogP contribution < -0.4 is 21.5 Å². The van der Waals surface area contributed by atoms with E-state index in [0.29, 0.717) is 40.2 Å². The Hall–Kier alpha value is -4.46. The molecule has 1 aliphatic rings. The Labute approximate surface area is 208 Å². The Bertz CT molecular complexity index is 1490. The molecule has 1 heterocycles. The molecule has 3 amide bonds. The van der Waals surface area contributed by atoms with Crippen molar-refractivity contribution in [3.05, 3.63) is 94.5 Å². The van der Waals surface area contributed by atoms with Gasteiger partial charge in [-0.05, 0) is 61.7 Å². The molecule has 5 rings (SSSR count). The summed E-state index contributed by atoms with van der Waals surface area (Å²) < 4.78 is 1.76. The number of carbonyl (C=O) groups is 2. The highest BCUT2D eigenvalue weighted by Gasteiger charge is 2.28. The van der Waals surface area contributed by atoms with Crippen LogP contribution >= 0.6 is 0 Å². The minimum Gasteiger partial charge on any atom is -0.326 e. The SMILES string of the molecule is Cc1ccc(NC(=O)Nc2ccccc2)cc1NC(=O)CCc1nc2ccccc2c(=O)n1C1CC1. The average molecular weight is 482 g/mol. The zero-order valence-electron chi connectivity index (χ0n) is 20.0. The number of rotatable bonds is 7. The maximum absolute atomic E-state index is 13.0. The molecular weight excluding hydrogens is 454 g/mol. The molecule has 0 saturated heterocycles. The van der Waals surface area contributed by atoms with Crippen molar-refractivity contribution in [3.63, 3.8) is 0 Å². The predicted octanol–water partition coefficient (Wildman–Crippen LogP) is 5.26. The summed E-state index contributed by atoms with van der Waals surface area (Å²) in [5.41, 5.74) is 3.34. The van der Waals surface area contributed by atoms with Crippen molar-refractivity contribution in [3.8, 4) is 0 Å². The second kappa shape index (κ2) is 10.0. The van der Waals surface area contributed by atoms with Crippen molar-refractivity contribution in [2.24, 2.45) is 0 Å². The minimum absolute atomic E-state index is 0.0399. The van der Waals surface area contributed by atoms with Crippen molar-refractivity contribution >= 4 is 39.9 Å². The second-order valence-electron chi connectivity index (χ2n) is 8.97. The third-order valence-electron chi connectivity index (χ3n) is 6.17. The largest absolute Gasteiger partial charge is 0.326 e. The monoisotopic (exact) mass is 481 g/mol. The van der Waals surface area contributed by atoms with Crippen LogP contribution in [0.5, 0.6) is 0 Å². The van der Waals surface area contributed by atoms with Gasteiger partial charge in [-0.15, -0.1) is 0 Å². The van der Waals surface area contributed by atoms with Gasteiger partial charge in [0.2, 0.25) is 5.91 Å². The first kappa shape index (κ1) is 23.3. The fourth-order valence-corrected chi connectivity index (χ4v) is 4.16. The fourth-order valence-electron chi connectivity index (χ4n) is 4.16. The number of hydrogen-bond donors (Lipinski definition) is 3. The Morgan fingerprint density at radius 2 is 1.64 bits per heavy atom. The van der Waals surface area contributed by atoms with Crippen molar-refractivity contribution in [1.82, 2.24) is 9.55 Å². The zero-order chi connectivity index (χ0) is 25.1. The first-order valence-electron chi connectivity index (χ1n) is 12.0. The lowest BCUT2D eigenvalue weighted by Crippen LogP contribution is -2.25. The summed E-state index contributed by atoms with van der Waals surface area (Å²) >= 11 is 0. The summed E-state index contributed by atoms with van der Waals surface area (Å²) in [5, 5.41) is 9.10. The Kier molecular flexibility index (Phi) is 6.49. The summed E-state index contributed by atoms with van der Waals surface area (Å²) in [7, 11) is 0. The standard InChI is InChI=1S/C28H27N5O3/c1-18-11-12-20(30-28(36)29-19-7-3-2-4-8-19)17-24(18)32-26(34)16-15-25-31-23-10-6-5-9-22(23)27(35)33(25)21-13-14-21/h2-12,17,21H,13-16H2,1H3,(H,32,34)(H2,29,30,36). The van der Waals surface area contributed by atoms with E-state index in [9.17, 15) is 14.4 Å². The number of urea groups is 1. The molecule has 0 radical (unpaired) electrons. The van der Waals surface area contributed by atoms with Gasteiger partial charge in [-0.1, -0.05) is 36.4 Å². The van der Waals surface area contributed by atoms with E-state index in [4.69, 9.17) is 4.98 Å².